The summed E-state index contributed by atoms with van der Waals surface area (Å²) in [5.74, 6) is 5.30. The summed E-state index contributed by atoms with van der Waals surface area (Å²) >= 11 is 0. The first-order valence-corrected chi connectivity index (χ1v) is 12.1. The molecule has 0 aliphatic carbocycles. The van der Waals surface area contributed by atoms with Crippen LogP contribution in [0, 0.1) is 18.8 Å². The number of hydroxylamine groups is 1. The molecule has 8 heteroatoms. The fraction of sp³-hybridized carbons (Fsp3) is 0.200. The van der Waals surface area contributed by atoms with Crippen molar-refractivity contribution >= 4 is 23.2 Å². The van der Waals surface area contributed by atoms with Gasteiger partial charge in [0.05, 0.1) is 12.6 Å². The smallest absolute Gasteiger partial charge is 0.268 e. The molecule has 8 nitrogen and oxygen atoms in total. The van der Waals surface area contributed by atoms with Crippen molar-refractivity contribution in [3.8, 4) is 11.8 Å². The van der Waals surface area contributed by atoms with Gasteiger partial charge in [0, 0.05) is 29.1 Å². The first kappa shape index (κ1) is 28.2. The summed E-state index contributed by atoms with van der Waals surface area (Å²) in [6.45, 7) is 8.20. The summed E-state index contributed by atoms with van der Waals surface area (Å²) in [6, 6.07) is 21.6. The van der Waals surface area contributed by atoms with Crippen molar-refractivity contribution in [3.63, 3.8) is 0 Å². The lowest BCUT2D eigenvalue weighted by Gasteiger charge is -2.21. The SMILES string of the molecule is C=C(N[C@H](C(=O)NO)[C@@H](C)O)c1ccc(C#Cc2ccc(NC(=O)CNCc3cccc(C)c3)cc2)cc1. The van der Waals surface area contributed by atoms with E-state index >= 15 is 0 Å². The Labute approximate surface area is 222 Å². The summed E-state index contributed by atoms with van der Waals surface area (Å²) < 4.78 is 0. The Morgan fingerprint density at radius 2 is 1.61 bits per heavy atom. The highest BCUT2D eigenvalue weighted by atomic mass is 16.5. The van der Waals surface area contributed by atoms with E-state index in [0.717, 1.165) is 16.7 Å². The number of hydrogen-bond donors (Lipinski definition) is 6. The van der Waals surface area contributed by atoms with E-state index in [1.165, 1.54) is 18.0 Å². The van der Waals surface area contributed by atoms with Gasteiger partial charge in [0.1, 0.15) is 6.04 Å². The number of nitrogens with one attached hydrogen (secondary N) is 4. The molecule has 0 aliphatic rings. The van der Waals surface area contributed by atoms with Crippen LogP contribution >= 0.6 is 0 Å². The van der Waals surface area contributed by atoms with Crippen LogP contribution in [0.3, 0.4) is 0 Å². The standard InChI is InChI=1S/C30H32N4O4/c1-20-5-4-6-25(17-20)18-31-19-28(36)33-27-15-11-24(12-16-27)8-7-23-9-13-26(14-10-23)21(2)32-29(22(3)35)30(37)34-38/h4-6,9-17,22,29,31-32,35,38H,2,18-19H2,1,3H3,(H,33,36)(H,34,37)/t22-,29+/m1/s1. The average Bonchev–Trinajstić information content (AvgIpc) is 2.91. The summed E-state index contributed by atoms with van der Waals surface area (Å²) in [7, 11) is 0. The van der Waals surface area contributed by atoms with Gasteiger partial charge in [0.25, 0.3) is 5.91 Å². The highest BCUT2D eigenvalue weighted by Gasteiger charge is 2.23. The largest absolute Gasteiger partial charge is 0.391 e. The summed E-state index contributed by atoms with van der Waals surface area (Å²) in [5.41, 5.74) is 7.24. The molecule has 0 fully saturated rings. The van der Waals surface area contributed by atoms with Gasteiger partial charge in [-0.25, -0.2) is 5.48 Å². The summed E-state index contributed by atoms with van der Waals surface area (Å²) in [6.07, 6.45) is -1.04. The number of rotatable bonds is 10. The number of carbonyl (C=O) groups is 2. The van der Waals surface area contributed by atoms with Gasteiger partial charge in [-0.2, -0.15) is 0 Å². The average molecular weight is 513 g/mol. The minimum atomic E-state index is -1.05. The molecule has 0 saturated carbocycles. The van der Waals surface area contributed by atoms with Gasteiger partial charge < -0.3 is 21.1 Å². The summed E-state index contributed by atoms with van der Waals surface area (Å²) in [5, 5.41) is 27.4. The van der Waals surface area contributed by atoms with Gasteiger partial charge in [-0.05, 0) is 61.4 Å². The van der Waals surface area contributed by atoms with Crippen LogP contribution in [-0.2, 0) is 16.1 Å². The van der Waals surface area contributed by atoms with Crippen molar-refractivity contribution in [2.75, 3.05) is 11.9 Å². The maximum atomic E-state index is 12.2. The molecule has 0 heterocycles. The normalized spacial score (nSPS) is 11.9. The van der Waals surface area contributed by atoms with E-state index in [4.69, 9.17) is 5.21 Å². The predicted octanol–water partition coefficient (Wildman–Crippen LogP) is 2.94. The van der Waals surface area contributed by atoms with Gasteiger partial charge >= 0.3 is 0 Å². The van der Waals surface area contributed by atoms with Gasteiger partial charge in [-0.15, -0.1) is 0 Å². The molecule has 3 rings (SSSR count). The first-order valence-electron chi connectivity index (χ1n) is 12.1. The van der Waals surface area contributed by atoms with E-state index in [-0.39, 0.29) is 12.5 Å². The molecule has 196 valence electrons. The van der Waals surface area contributed by atoms with E-state index in [2.05, 4.69) is 40.4 Å². The van der Waals surface area contributed by atoms with Crippen LogP contribution in [0.4, 0.5) is 5.69 Å². The lowest BCUT2D eigenvalue weighted by molar-refractivity contribution is -0.133. The van der Waals surface area contributed by atoms with E-state index in [0.29, 0.717) is 23.5 Å². The van der Waals surface area contributed by atoms with Crippen molar-refractivity contribution in [2.45, 2.75) is 32.5 Å². The predicted molar refractivity (Wildman–Crippen MR) is 148 cm³/mol. The van der Waals surface area contributed by atoms with Crippen molar-refractivity contribution in [3.05, 3.63) is 107 Å². The Balaban J connectivity index is 1.50. The zero-order valence-electron chi connectivity index (χ0n) is 21.4. The monoisotopic (exact) mass is 512 g/mol. The molecule has 0 aliphatic heterocycles. The zero-order chi connectivity index (χ0) is 27.5. The van der Waals surface area contributed by atoms with E-state index in [1.807, 2.05) is 61.5 Å². The van der Waals surface area contributed by atoms with Crippen LogP contribution in [-0.4, -0.2) is 40.8 Å². The first-order chi connectivity index (χ1) is 18.2. The number of anilines is 1. The number of benzene rings is 3. The van der Waals surface area contributed by atoms with Gasteiger partial charge in [-0.3, -0.25) is 14.8 Å². The maximum Gasteiger partial charge on any atom is 0.268 e. The van der Waals surface area contributed by atoms with Crippen LogP contribution in [0.1, 0.15) is 34.7 Å². The lowest BCUT2D eigenvalue weighted by Crippen LogP contribution is -2.48. The Morgan fingerprint density at radius 1 is 0.974 bits per heavy atom. The number of carbonyl (C=O) groups excluding carboxylic acids is 2. The molecule has 0 saturated heterocycles. The lowest BCUT2D eigenvalue weighted by atomic mass is 10.1. The molecule has 0 radical (unpaired) electrons. The molecule has 0 bridgehead atoms. The molecule has 6 N–H and O–H groups in total. The Kier molecular flexibility index (Phi) is 10.2. The molecule has 3 aromatic carbocycles. The molecular weight excluding hydrogens is 480 g/mol. The molecule has 38 heavy (non-hydrogen) atoms. The molecule has 0 unspecified atom stereocenters. The second kappa shape index (κ2) is 13.8. The zero-order valence-corrected chi connectivity index (χ0v) is 21.4. The molecule has 3 aromatic rings. The van der Waals surface area contributed by atoms with Gasteiger partial charge in [0.15, 0.2) is 0 Å². The van der Waals surface area contributed by atoms with Crippen LogP contribution in [0.5, 0.6) is 0 Å². The third-order valence-electron chi connectivity index (χ3n) is 5.66. The Hall–Kier alpha value is -4.42. The van der Waals surface area contributed by atoms with Crippen LogP contribution in [0.15, 0.2) is 79.4 Å². The quantitative estimate of drug-likeness (QED) is 0.141. The van der Waals surface area contributed by atoms with Crippen LogP contribution in [0.2, 0.25) is 0 Å². The summed E-state index contributed by atoms with van der Waals surface area (Å²) in [4.78, 5) is 23.9. The van der Waals surface area contributed by atoms with Gasteiger partial charge in [-0.1, -0.05) is 60.4 Å². The third kappa shape index (κ3) is 8.61. The Bertz CT molecular complexity index is 1320. The van der Waals surface area contributed by atoms with Crippen LogP contribution < -0.4 is 21.4 Å². The second-order valence-corrected chi connectivity index (χ2v) is 8.86. The van der Waals surface area contributed by atoms with Gasteiger partial charge in [0.2, 0.25) is 5.91 Å². The molecule has 2 amide bonds. The van der Waals surface area contributed by atoms with Crippen molar-refractivity contribution in [1.82, 2.24) is 16.1 Å². The highest BCUT2D eigenvalue weighted by Crippen LogP contribution is 2.13. The molecule has 0 spiro atoms. The number of aliphatic hydroxyl groups is 1. The molecular formula is C30H32N4O4. The van der Waals surface area contributed by atoms with Crippen LogP contribution in [0.25, 0.3) is 5.70 Å². The number of hydrogen-bond acceptors (Lipinski definition) is 6. The second-order valence-electron chi connectivity index (χ2n) is 8.86. The number of aliphatic hydroxyl groups excluding tert-OH is 1. The van der Waals surface area contributed by atoms with Crippen molar-refractivity contribution < 1.29 is 19.9 Å². The fourth-order valence-corrected chi connectivity index (χ4v) is 3.63. The number of amides is 2. The van der Waals surface area contributed by atoms with E-state index < -0.39 is 18.1 Å². The van der Waals surface area contributed by atoms with E-state index in [1.54, 1.807) is 12.1 Å². The maximum absolute atomic E-state index is 12.2. The third-order valence-corrected chi connectivity index (χ3v) is 5.66. The highest BCUT2D eigenvalue weighted by molar-refractivity contribution is 5.92. The molecule has 0 aromatic heterocycles. The topological polar surface area (TPSA) is 123 Å². The molecule has 2 atom stereocenters. The number of aryl methyl sites for hydroxylation is 1. The van der Waals surface area contributed by atoms with Crippen molar-refractivity contribution in [2.24, 2.45) is 0 Å². The minimum absolute atomic E-state index is 0.121. The van der Waals surface area contributed by atoms with Crippen molar-refractivity contribution in [1.29, 1.82) is 0 Å². The minimum Gasteiger partial charge on any atom is -0.391 e. The fourth-order valence-electron chi connectivity index (χ4n) is 3.63. The van der Waals surface area contributed by atoms with E-state index in [9.17, 15) is 14.7 Å². The Morgan fingerprint density at radius 3 is 2.18 bits per heavy atom.